The van der Waals surface area contributed by atoms with E-state index in [1.807, 2.05) is 36.4 Å². The zero-order valence-corrected chi connectivity index (χ0v) is 16.6. The van der Waals surface area contributed by atoms with E-state index in [0.717, 1.165) is 11.4 Å². The molecule has 0 saturated carbocycles. The number of nitrogens with one attached hydrogen (secondary N) is 2. The van der Waals surface area contributed by atoms with E-state index in [4.69, 9.17) is 4.74 Å². The molecule has 28 heavy (non-hydrogen) atoms. The molecule has 1 amide bonds. The molecule has 2 aromatic carbocycles. The van der Waals surface area contributed by atoms with Crippen molar-refractivity contribution in [2.24, 2.45) is 0 Å². The van der Waals surface area contributed by atoms with Crippen LogP contribution in [0.2, 0.25) is 0 Å². The molecule has 0 aliphatic heterocycles. The standard InChI is InChI=1S/C23H25N3O2/c1-23(2,3)20-10-5-6-11-21(20)25-18-12-16(14-24-15-18)22(27)26-17-8-7-9-19(13-17)28-4/h5-15,25H,1-4H3,(H,26,27). The second-order valence-electron chi connectivity index (χ2n) is 7.57. The number of benzene rings is 2. The first-order valence-electron chi connectivity index (χ1n) is 9.14. The number of carbonyl (C=O) groups is 1. The Kier molecular flexibility index (Phi) is 5.64. The molecule has 0 fully saturated rings. The highest BCUT2D eigenvalue weighted by Gasteiger charge is 2.17. The number of hydrogen-bond acceptors (Lipinski definition) is 4. The minimum Gasteiger partial charge on any atom is -0.497 e. The summed E-state index contributed by atoms with van der Waals surface area (Å²) in [6.45, 7) is 6.51. The van der Waals surface area contributed by atoms with Gasteiger partial charge in [0.2, 0.25) is 0 Å². The zero-order chi connectivity index (χ0) is 20.1. The number of ether oxygens (including phenoxy) is 1. The van der Waals surface area contributed by atoms with Gasteiger partial charge in [-0.2, -0.15) is 0 Å². The Morgan fingerprint density at radius 2 is 1.75 bits per heavy atom. The molecule has 5 nitrogen and oxygen atoms in total. The summed E-state index contributed by atoms with van der Waals surface area (Å²) in [4.78, 5) is 16.8. The molecular formula is C23H25N3O2. The van der Waals surface area contributed by atoms with Crippen LogP contribution in [0.5, 0.6) is 5.75 Å². The van der Waals surface area contributed by atoms with Crippen LogP contribution < -0.4 is 15.4 Å². The smallest absolute Gasteiger partial charge is 0.257 e. The first kappa shape index (κ1) is 19.4. The van der Waals surface area contributed by atoms with Gasteiger partial charge in [-0.1, -0.05) is 45.0 Å². The number of amides is 1. The lowest BCUT2D eigenvalue weighted by Gasteiger charge is -2.23. The van der Waals surface area contributed by atoms with Crippen molar-refractivity contribution in [3.63, 3.8) is 0 Å². The Balaban J connectivity index is 1.80. The maximum absolute atomic E-state index is 12.6. The molecule has 0 spiro atoms. The summed E-state index contributed by atoms with van der Waals surface area (Å²) in [5.41, 5.74) is 4.10. The molecule has 144 valence electrons. The Morgan fingerprint density at radius 1 is 0.964 bits per heavy atom. The van der Waals surface area contributed by atoms with Crippen LogP contribution in [0.1, 0.15) is 36.7 Å². The van der Waals surface area contributed by atoms with Gasteiger partial charge >= 0.3 is 0 Å². The molecule has 0 atom stereocenters. The van der Waals surface area contributed by atoms with E-state index in [1.54, 1.807) is 31.6 Å². The fraction of sp³-hybridized carbons (Fsp3) is 0.217. The van der Waals surface area contributed by atoms with E-state index in [-0.39, 0.29) is 11.3 Å². The number of aromatic nitrogens is 1. The van der Waals surface area contributed by atoms with E-state index < -0.39 is 0 Å². The van der Waals surface area contributed by atoms with Gasteiger partial charge in [-0.15, -0.1) is 0 Å². The van der Waals surface area contributed by atoms with Gasteiger partial charge in [-0.05, 0) is 35.2 Å². The van der Waals surface area contributed by atoms with Crippen molar-refractivity contribution in [2.45, 2.75) is 26.2 Å². The van der Waals surface area contributed by atoms with E-state index >= 15 is 0 Å². The highest BCUT2D eigenvalue weighted by molar-refractivity contribution is 6.04. The second kappa shape index (κ2) is 8.13. The van der Waals surface area contributed by atoms with Crippen LogP contribution in [0.4, 0.5) is 17.1 Å². The normalized spacial score (nSPS) is 11.0. The number of anilines is 3. The van der Waals surface area contributed by atoms with E-state index in [0.29, 0.717) is 17.0 Å². The van der Waals surface area contributed by atoms with Gasteiger partial charge in [0.1, 0.15) is 5.75 Å². The zero-order valence-electron chi connectivity index (χ0n) is 16.6. The van der Waals surface area contributed by atoms with Gasteiger partial charge in [0, 0.05) is 23.6 Å². The maximum Gasteiger partial charge on any atom is 0.257 e. The lowest BCUT2D eigenvalue weighted by molar-refractivity contribution is 0.102. The third-order valence-electron chi connectivity index (χ3n) is 4.34. The first-order valence-corrected chi connectivity index (χ1v) is 9.14. The lowest BCUT2D eigenvalue weighted by atomic mass is 9.86. The third-order valence-corrected chi connectivity index (χ3v) is 4.34. The van der Waals surface area contributed by atoms with Gasteiger partial charge < -0.3 is 15.4 Å². The van der Waals surface area contributed by atoms with Gasteiger partial charge in [0.25, 0.3) is 5.91 Å². The number of para-hydroxylation sites is 1. The monoisotopic (exact) mass is 375 g/mol. The maximum atomic E-state index is 12.6. The average Bonchev–Trinajstić information content (AvgIpc) is 2.68. The predicted octanol–water partition coefficient (Wildman–Crippen LogP) is 5.38. The van der Waals surface area contributed by atoms with Gasteiger partial charge in [-0.25, -0.2) is 0 Å². The predicted molar refractivity (Wildman–Crippen MR) is 114 cm³/mol. The molecule has 0 aliphatic rings. The third kappa shape index (κ3) is 4.68. The summed E-state index contributed by atoms with van der Waals surface area (Å²) in [5, 5.41) is 6.27. The molecule has 0 radical (unpaired) electrons. The lowest BCUT2D eigenvalue weighted by Crippen LogP contribution is -2.14. The fourth-order valence-corrected chi connectivity index (χ4v) is 2.94. The summed E-state index contributed by atoms with van der Waals surface area (Å²) < 4.78 is 5.19. The van der Waals surface area contributed by atoms with Crippen LogP contribution in [0.25, 0.3) is 0 Å². The average molecular weight is 375 g/mol. The van der Waals surface area contributed by atoms with Crippen molar-refractivity contribution in [1.29, 1.82) is 0 Å². The highest BCUT2D eigenvalue weighted by Crippen LogP contribution is 2.31. The van der Waals surface area contributed by atoms with Crippen LogP contribution in [-0.4, -0.2) is 18.0 Å². The second-order valence-corrected chi connectivity index (χ2v) is 7.57. The first-order chi connectivity index (χ1) is 13.4. The quantitative estimate of drug-likeness (QED) is 0.628. The van der Waals surface area contributed by atoms with Crippen molar-refractivity contribution < 1.29 is 9.53 Å². The Morgan fingerprint density at radius 3 is 2.50 bits per heavy atom. The number of hydrogen-bond donors (Lipinski definition) is 2. The molecule has 5 heteroatoms. The number of nitrogens with zero attached hydrogens (tertiary/aromatic N) is 1. The minimum atomic E-state index is -0.228. The fourth-order valence-electron chi connectivity index (χ4n) is 2.94. The molecule has 1 aromatic heterocycles. The highest BCUT2D eigenvalue weighted by atomic mass is 16.5. The summed E-state index contributed by atoms with van der Waals surface area (Å²) >= 11 is 0. The van der Waals surface area contributed by atoms with E-state index in [2.05, 4.69) is 42.5 Å². The van der Waals surface area contributed by atoms with Crippen LogP contribution >= 0.6 is 0 Å². The van der Waals surface area contributed by atoms with Crippen LogP contribution in [0.15, 0.2) is 67.0 Å². The number of methoxy groups -OCH3 is 1. The Bertz CT molecular complexity index is 977. The van der Waals surface area contributed by atoms with Gasteiger partial charge in [-0.3, -0.25) is 9.78 Å². The van der Waals surface area contributed by atoms with Crippen molar-refractivity contribution in [2.75, 3.05) is 17.7 Å². The molecule has 0 unspecified atom stereocenters. The van der Waals surface area contributed by atoms with Crippen molar-refractivity contribution >= 4 is 23.0 Å². The van der Waals surface area contributed by atoms with Crippen LogP contribution in [0, 0.1) is 0 Å². The summed E-state index contributed by atoms with van der Waals surface area (Å²) in [6, 6.07) is 17.2. The van der Waals surface area contributed by atoms with Gasteiger partial charge in [0.05, 0.1) is 24.6 Å². The van der Waals surface area contributed by atoms with E-state index in [9.17, 15) is 4.79 Å². The molecular weight excluding hydrogens is 350 g/mol. The molecule has 0 bridgehead atoms. The van der Waals surface area contributed by atoms with Gasteiger partial charge in [0.15, 0.2) is 0 Å². The SMILES string of the molecule is COc1cccc(NC(=O)c2cncc(Nc3ccccc3C(C)(C)C)c2)c1. The van der Waals surface area contributed by atoms with E-state index in [1.165, 1.54) is 5.56 Å². The van der Waals surface area contributed by atoms with Crippen LogP contribution in [0.3, 0.4) is 0 Å². The summed E-state index contributed by atoms with van der Waals surface area (Å²) in [5.74, 6) is 0.457. The molecule has 2 N–H and O–H groups in total. The molecule has 1 heterocycles. The van der Waals surface area contributed by atoms with Crippen molar-refractivity contribution in [1.82, 2.24) is 4.98 Å². The Hall–Kier alpha value is -3.34. The van der Waals surface area contributed by atoms with Crippen LogP contribution in [-0.2, 0) is 5.41 Å². The van der Waals surface area contributed by atoms with Crippen molar-refractivity contribution in [3.8, 4) is 5.75 Å². The van der Waals surface area contributed by atoms with Crippen molar-refractivity contribution in [3.05, 3.63) is 78.1 Å². The number of pyridine rings is 1. The molecule has 3 rings (SSSR count). The number of rotatable bonds is 5. The molecule has 0 aliphatic carbocycles. The number of carbonyl (C=O) groups excluding carboxylic acids is 1. The molecule has 0 saturated heterocycles. The summed E-state index contributed by atoms with van der Waals surface area (Å²) in [7, 11) is 1.59. The molecule has 3 aromatic rings. The summed E-state index contributed by atoms with van der Waals surface area (Å²) in [6.07, 6.45) is 3.26. The minimum absolute atomic E-state index is 0.00161. The topological polar surface area (TPSA) is 63.2 Å². The largest absolute Gasteiger partial charge is 0.497 e. The Labute approximate surface area is 165 Å².